The van der Waals surface area contributed by atoms with Gasteiger partial charge in [0.15, 0.2) is 0 Å². The van der Waals surface area contributed by atoms with Gasteiger partial charge in [-0.3, -0.25) is 4.79 Å². The van der Waals surface area contributed by atoms with E-state index in [1.807, 2.05) is 12.1 Å². The highest BCUT2D eigenvalue weighted by Crippen LogP contribution is 2.18. The van der Waals surface area contributed by atoms with Crippen molar-refractivity contribution in [2.75, 3.05) is 32.2 Å². The lowest BCUT2D eigenvalue weighted by Crippen LogP contribution is -2.23. The van der Waals surface area contributed by atoms with Crippen LogP contribution in [0.5, 0.6) is 0 Å². The van der Waals surface area contributed by atoms with E-state index in [0.717, 1.165) is 5.69 Å². The van der Waals surface area contributed by atoms with Crippen molar-refractivity contribution in [1.82, 2.24) is 4.90 Å². The highest BCUT2D eigenvalue weighted by atomic mass is 32.2. The topological polar surface area (TPSA) is 32.3 Å². The molecule has 0 aliphatic heterocycles. The lowest BCUT2D eigenvalue weighted by atomic mass is 10.3. The molecule has 0 aromatic heterocycles. The number of thioether (sulfide) groups is 1. The van der Waals surface area contributed by atoms with E-state index >= 15 is 0 Å². The molecule has 0 bridgehead atoms. The van der Waals surface area contributed by atoms with Crippen LogP contribution in [0.1, 0.15) is 6.42 Å². The van der Waals surface area contributed by atoms with E-state index in [2.05, 4.69) is 23.7 Å². The molecule has 16 heavy (non-hydrogen) atoms. The van der Waals surface area contributed by atoms with Gasteiger partial charge in [-0.05, 0) is 24.5 Å². The van der Waals surface area contributed by atoms with E-state index in [0.29, 0.717) is 13.0 Å². The first-order chi connectivity index (χ1) is 7.63. The molecule has 0 saturated heterocycles. The van der Waals surface area contributed by atoms with Crippen molar-refractivity contribution in [3.05, 3.63) is 24.3 Å². The second kappa shape index (κ2) is 6.43. The van der Waals surface area contributed by atoms with Gasteiger partial charge in [-0.25, -0.2) is 0 Å². The molecule has 1 rings (SSSR count). The van der Waals surface area contributed by atoms with E-state index in [1.165, 1.54) is 4.90 Å². The van der Waals surface area contributed by atoms with Gasteiger partial charge in [0.25, 0.3) is 0 Å². The summed E-state index contributed by atoms with van der Waals surface area (Å²) < 4.78 is 0. The van der Waals surface area contributed by atoms with Crippen molar-refractivity contribution in [3.8, 4) is 0 Å². The Balaban J connectivity index is 2.40. The number of carbonyl (C=O) groups excluding carboxylic acids is 1. The minimum atomic E-state index is 0.147. The standard InChI is InChI=1S/C12H18N2OS/c1-14(2)12(15)7-8-13-10-5-4-6-11(9-10)16-3/h4-6,9,13H,7-8H2,1-3H3. The lowest BCUT2D eigenvalue weighted by Gasteiger charge is -2.11. The molecule has 0 atom stereocenters. The number of benzene rings is 1. The number of nitrogens with zero attached hydrogens (tertiary/aromatic N) is 1. The van der Waals surface area contributed by atoms with Gasteiger partial charge in [0.1, 0.15) is 0 Å². The minimum Gasteiger partial charge on any atom is -0.384 e. The molecule has 1 N–H and O–H groups in total. The number of carbonyl (C=O) groups is 1. The first kappa shape index (κ1) is 12.9. The van der Waals surface area contributed by atoms with E-state index in [9.17, 15) is 4.79 Å². The number of hydrogen-bond acceptors (Lipinski definition) is 3. The van der Waals surface area contributed by atoms with Gasteiger partial charge in [0.2, 0.25) is 5.91 Å². The highest BCUT2D eigenvalue weighted by molar-refractivity contribution is 7.98. The Bertz CT molecular complexity index is 353. The zero-order chi connectivity index (χ0) is 12.0. The van der Waals surface area contributed by atoms with Gasteiger partial charge in [-0.15, -0.1) is 11.8 Å². The van der Waals surface area contributed by atoms with Crippen LogP contribution in [0.15, 0.2) is 29.2 Å². The van der Waals surface area contributed by atoms with Crippen LogP contribution in [0, 0.1) is 0 Å². The maximum absolute atomic E-state index is 11.3. The number of hydrogen-bond donors (Lipinski definition) is 1. The summed E-state index contributed by atoms with van der Waals surface area (Å²) in [6.07, 6.45) is 2.57. The highest BCUT2D eigenvalue weighted by Gasteiger charge is 2.02. The zero-order valence-corrected chi connectivity index (χ0v) is 10.8. The molecule has 0 saturated carbocycles. The molecule has 0 radical (unpaired) electrons. The van der Waals surface area contributed by atoms with Gasteiger partial charge >= 0.3 is 0 Å². The van der Waals surface area contributed by atoms with Crippen LogP contribution >= 0.6 is 11.8 Å². The van der Waals surface area contributed by atoms with E-state index in [-0.39, 0.29) is 5.91 Å². The van der Waals surface area contributed by atoms with Crippen LogP contribution in [-0.4, -0.2) is 37.7 Å². The molecule has 1 aromatic rings. The summed E-state index contributed by atoms with van der Waals surface area (Å²) in [6, 6.07) is 8.19. The van der Waals surface area contributed by atoms with Crippen LogP contribution in [0.3, 0.4) is 0 Å². The average Bonchev–Trinajstić information content (AvgIpc) is 2.29. The second-order valence-corrected chi connectivity index (χ2v) is 4.58. The third-order valence-corrected chi connectivity index (χ3v) is 2.96. The fourth-order valence-corrected chi connectivity index (χ4v) is 1.73. The maximum atomic E-state index is 11.3. The van der Waals surface area contributed by atoms with E-state index in [4.69, 9.17) is 0 Å². The molecule has 0 spiro atoms. The molecular formula is C12H18N2OS. The Morgan fingerprint density at radius 2 is 2.19 bits per heavy atom. The molecule has 0 aliphatic rings. The fraction of sp³-hybridized carbons (Fsp3) is 0.417. The number of amides is 1. The molecule has 0 fully saturated rings. The largest absolute Gasteiger partial charge is 0.384 e. The Hall–Kier alpha value is -1.16. The smallest absolute Gasteiger partial charge is 0.223 e. The number of rotatable bonds is 5. The SMILES string of the molecule is CSc1cccc(NCCC(=O)N(C)C)c1. The monoisotopic (exact) mass is 238 g/mol. The van der Waals surface area contributed by atoms with Gasteiger partial charge in [-0.1, -0.05) is 6.07 Å². The summed E-state index contributed by atoms with van der Waals surface area (Å²) in [4.78, 5) is 14.2. The zero-order valence-electron chi connectivity index (χ0n) is 9.99. The van der Waals surface area contributed by atoms with E-state index < -0.39 is 0 Å². The van der Waals surface area contributed by atoms with Crippen molar-refractivity contribution in [1.29, 1.82) is 0 Å². The molecule has 88 valence electrons. The number of nitrogens with one attached hydrogen (secondary N) is 1. The molecule has 0 heterocycles. The van der Waals surface area contributed by atoms with Crippen molar-refractivity contribution in [3.63, 3.8) is 0 Å². The molecule has 1 amide bonds. The maximum Gasteiger partial charge on any atom is 0.223 e. The number of anilines is 1. The Kier molecular flexibility index (Phi) is 5.19. The summed E-state index contributed by atoms with van der Waals surface area (Å²) >= 11 is 1.71. The summed E-state index contributed by atoms with van der Waals surface area (Å²) in [6.45, 7) is 0.675. The minimum absolute atomic E-state index is 0.147. The summed E-state index contributed by atoms with van der Waals surface area (Å²) in [5, 5.41) is 3.24. The third-order valence-electron chi connectivity index (χ3n) is 2.24. The van der Waals surface area contributed by atoms with Gasteiger partial charge in [-0.2, -0.15) is 0 Å². The third kappa shape index (κ3) is 4.14. The van der Waals surface area contributed by atoms with Gasteiger partial charge in [0, 0.05) is 37.6 Å². The summed E-state index contributed by atoms with van der Waals surface area (Å²) in [7, 11) is 3.55. The molecule has 1 aromatic carbocycles. The Morgan fingerprint density at radius 3 is 2.81 bits per heavy atom. The van der Waals surface area contributed by atoms with Crippen LogP contribution in [0.25, 0.3) is 0 Å². The van der Waals surface area contributed by atoms with Gasteiger partial charge in [0.05, 0.1) is 0 Å². The summed E-state index contributed by atoms with van der Waals surface area (Å²) in [5.41, 5.74) is 1.07. The van der Waals surface area contributed by atoms with Crippen LogP contribution in [-0.2, 0) is 4.79 Å². The average molecular weight is 238 g/mol. The van der Waals surface area contributed by atoms with Crippen molar-refractivity contribution in [2.24, 2.45) is 0 Å². The van der Waals surface area contributed by atoms with Crippen LogP contribution in [0.4, 0.5) is 5.69 Å². The van der Waals surface area contributed by atoms with Crippen molar-refractivity contribution < 1.29 is 4.79 Å². The summed E-state index contributed by atoms with van der Waals surface area (Å²) in [5.74, 6) is 0.147. The van der Waals surface area contributed by atoms with Gasteiger partial charge < -0.3 is 10.2 Å². The van der Waals surface area contributed by atoms with Crippen molar-refractivity contribution >= 4 is 23.4 Å². The quantitative estimate of drug-likeness (QED) is 0.799. The predicted molar refractivity (Wildman–Crippen MR) is 70.0 cm³/mol. The normalized spacial score (nSPS) is 9.94. The first-order valence-corrected chi connectivity index (χ1v) is 6.44. The molecule has 3 nitrogen and oxygen atoms in total. The Labute approximate surface area is 101 Å². The molecule has 0 aliphatic carbocycles. The van der Waals surface area contributed by atoms with E-state index in [1.54, 1.807) is 30.8 Å². The molecule has 4 heteroatoms. The van der Waals surface area contributed by atoms with Crippen LogP contribution < -0.4 is 5.32 Å². The van der Waals surface area contributed by atoms with Crippen LogP contribution in [0.2, 0.25) is 0 Å². The van der Waals surface area contributed by atoms with Crippen molar-refractivity contribution in [2.45, 2.75) is 11.3 Å². The lowest BCUT2D eigenvalue weighted by molar-refractivity contribution is -0.128. The first-order valence-electron chi connectivity index (χ1n) is 5.21. The fourth-order valence-electron chi connectivity index (χ4n) is 1.27. The molecular weight excluding hydrogens is 220 g/mol. The Morgan fingerprint density at radius 1 is 1.44 bits per heavy atom. The molecule has 0 unspecified atom stereocenters. The second-order valence-electron chi connectivity index (χ2n) is 3.70. The predicted octanol–water partition coefficient (Wildman–Crippen LogP) is 2.30.